The van der Waals surface area contributed by atoms with Gasteiger partial charge in [-0.3, -0.25) is 14.5 Å². The second-order valence-electron chi connectivity index (χ2n) is 5.20. The minimum atomic E-state index is -1.50. The first-order chi connectivity index (χ1) is 9.38. The number of hydrogen-bond donors (Lipinski definition) is 3. The smallest absolute Gasteiger partial charge is 0.320 e. The highest BCUT2D eigenvalue weighted by Gasteiger charge is 2.43. The summed E-state index contributed by atoms with van der Waals surface area (Å²) in [5.41, 5.74) is 0. The Balaban J connectivity index is 2.39. The van der Waals surface area contributed by atoms with Gasteiger partial charge in [0.15, 0.2) is 0 Å². The molecule has 0 aromatic carbocycles. The summed E-state index contributed by atoms with van der Waals surface area (Å²) >= 11 is 4.13. The second kappa shape index (κ2) is 7.85. The molecular formula is C13H23NO5S. The van der Waals surface area contributed by atoms with Crippen LogP contribution in [0, 0.1) is 5.92 Å². The molecule has 0 radical (unpaired) electrons. The number of carbonyl (C=O) groups is 2. The third kappa shape index (κ3) is 4.64. The van der Waals surface area contributed by atoms with E-state index in [1.807, 2.05) is 0 Å². The van der Waals surface area contributed by atoms with Gasteiger partial charge in [0.25, 0.3) is 0 Å². The van der Waals surface area contributed by atoms with Crippen LogP contribution in [0.5, 0.6) is 0 Å². The summed E-state index contributed by atoms with van der Waals surface area (Å²) in [6.07, 6.45) is 1.73. The molecule has 1 aliphatic rings. The lowest BCUT2D eigenvalue weighted by molar-refractivity contribution is -0.151. The van der Waals surface area contributed by atoms with Crippen molar-refractivity contribution in [1.82, 2.24) is 4.90 Å². The van der Waals surface area contributed by atoms with Crippen LogP contribution in [0.25, 0.3) is 0 Å². The van der Waals surface area contributed by atoms with Gasteiger partial charge in [-0.2, -0.15) is 12.6 Å². The molecule has 0 aliphatic carbocycles. The molecule has 1 heterocycles. The van der Waals surface area contributed by atoms with Gasteiger partial charge in [-0.1, -0.05) is 6.42 Å². The molecule has 1 fully saturated rings. The van der Waals surface area contributed by atoms with Crippen LogP contribution in [0.2, 0.25) is 0 Å². The van der Waals surface area contributed by atoms with Crippen molar-refractivity contribution in [3.63, 3.8) is 0 Å². The molecular weight excluding hydrogens is 282 g/mol. The zero-order valence-electron chi connectivity index (χ0n) is 11.7. The zero-order valence-corrected chi connectivity index (χ0v) is 12.6. The zero-order chi connectivity index (χ0) is 15.2. The van der Waals surface area contributed by atoms with Crippen LogP contribution in [-0.2, 0) is 14.3 Å². The monoisotopic (exact) mass is 305 g/mol. The van der Waals surface area contributed by atoms with E-state index in [9.17, 15) is 14.7 Å². The Kier molecular flexibility index (Phi) is 6.78. The average molecular weight is 305 g/mol. The Bertz CT molecular complexity index is 346. The van der Waals surface area contributed by atoms with Crippen molar-refractivity contribution < 1.29 is 24.5 Å². The third-order valence-electron chi connectivity index (χ3n) is 3.84. The van der Waals surface area contributed by atoms with Crippen LogP contribution in [0.4, 0.5) is 0 Å². The molecule has 0 spiro atoms. The van der Waals surface area contributed by atoms with Crippen LogP contribution >= 0.6 is 12.6 Å². The fraction of sp³-hybridized carbons (Fsp3) is 0.846. The minimum absolute atomic E-state index is 0.253. The number of ether oxygens (including phenoxy) is 1. The minimum Gasteiger partial charge on any atom is -0.481 e. The Morgan fingerprint density at radius 1 is 1.30 bits per heavy atom. The lowest BCUT2D eigenvalue weighted by Crippen LogP contribution is -2.43. The number of thiol groups is 1. The van der Waals surface area contributed by atoms with Crippen LogP contribution in [-0.4, -0.2) is 64.6 Å². The first-order valence-electron chi connectivity index (χ1n) is 6.86. The highest BCUT2D eigenvalue weighted by molar-refractivity contribution is 7.82. The van der Waals surface area contributed by atoms with Gasteiger partial charge in [-0.15, -0.1) is 0 Å². The van der Waals surface area contributed by atoms with E-state index in [2.05, 4.69) is 17.5 Å². The summed E-state index contributed by atoms with van der Waals surface area (Å²) in [6.45, 7) is 5.55. The summed E-state index contributed by atoms with van der Waals surface area (Å²) in [5.74, 6) is -3.32. The summed E-state index contributed by atoms with van der Waals surface area (Å²) in [6, 6.07) is 0. The number of hydrogen-bond acceptors (Lipinski definition) is 5. The van der Waals surface area contributed by atoms with Gasteiger partial charge in [-0.05, 0) is 26.3 Å². The Morgan fingerprint density at radius 2 is 1.90 bits per heavy atom. The molecule has 116 valence electrons. The van der Waals surface area contributed by atoms with Gasteiger partial charge in [0.1, 0.15) is 4.75 Å². The maximum absolute atomic E-state index is 11.3. The number of morpholine rings is 1. The second-order valence-corrected chi connectivity index (χ2v) is 6.00. The van der Waals surface area contributed by atoms with Gasteiger partial charge in [-0.25, -0.2) is 0 Å². The number of unbranched alkanes of at least 4 members (excludes halogenated alkanes) is 1. The van der Waals surface area contributed by atoms with Crippen molar-refractivity contribution in [2.75, 3.05) is 32.8 Å². The maximum atomic E-state index is 11.3. The fourth-order valence-electron chi connectivity index (χ4n) is 2.27. The molecule has 1 aliphatic heterocycles. The van der Waals surface area contributed by atoms with Gasteiger partial charge in [0, 0.05) is 13.1 Å². The van der Waals surface area contributed by atoms with Crippen molar-refractivity contribution in [3.8, 4) is 0 Å². The number of carboxylic acid groups (broad SMARTS) is 2. The standard InChI is InChI=1S/C13H23NO5S/c1-10(11(15)16)13(20,12(17)18)4-2-3-5-14-6-8-19-9-7-14/h10,20H,2-9H2,1H3,(H,15,16)(H,17,18). The Labute approximate surface area is 124 Å². The van der Waals surface area contributed by atoms with Crippen molar-refractivity contribution in [2.24, 2.45) is 5.92 Å². The van der Waals surface area contributed by atoms with Crippen LogP contribution in [0.1, 0.15) is 26.2 Å². The van der Waals surface area contributed by atoms with E-state index in [0.29, 0.717) is 6.42 Å². The van der Waals surface area contributed by atoms with Gasteiger partial charge in [0.05, 0.1) is 19.1 Å². The molecule has 2 unspecified atom stereocenters. The van der Waals surface area contributed by atoms with E-state index in [0.717, 1.165) is 39.3 Å². The molecule has 2 atom stereocenters. The van der Waals surface area contributed by atoms with Crippen molar-refractivity contribution in [1.29, 1.82) is 0 Å². The molecule has 0 aromatic rings. The fourth-order valence-corrected chi connectivity index (χ4v) is 2.54. The molecule has 0 saturated carbocycles. The summed E-state index contributed by atoms with van der Waals surface area (Å²) in [4.78, 5) is 24.6. The molecule has 1 saturated heterocycles. The molecule has 7 heteroatoms. The van der Waals surface area contributed by atoms with Crippen molar-refractivity contribution >= 4 is 24.6 Å². The maximum Gasteiger partial charge on any atom is 0.320 e. The SMILES string of the molecule is CC(C(=O)O)C(S)(CCCCN1CCOCC1)C(=O)O. The molecule has 0 amide bonds. The van der Waals surface area contributed by atoms with Crippen LogP contribution < -0.4 is 0 Å². The van der Waals surface area contributed by atoms with E-state index in [-0.39, 0.29) is 6.42 Å². The van der Waals surface area contributed by atoms with E-state index in [1.54, 1.807) is 0 Å². The van der Waals surface area contributed by atoms with Crippen LogP contribution in [0.3, 0.4) is 0 Å². The first-order valence-corrected chi connectivity index (χ1v) is 7.31. The Hall–Kier alpha value is -0.790. The normalized spacial score (nSPS) is 21.1. The van der Waals surface area contributed by atoms with E-state index in [4.69, 9.17) is 9.84 Å². The van der Waals surface area contributed by atoms with Crippen molar-refractivity contribution in [3.05, 3.63) is 0 Å². The number of aliphatic carboxylic acids is 2. The number of nitrogens with zero attached hydrogens (tertiary/aromatic N) is 1. The first kappa shape index (κ1) is 17.3. The predicted octanol–water partition coefficient (Wildman–Crippen LogP) is 0.963. The predicted molar refractivity (Wildman–Crippen MR) is 77.3 cm³/mol. The molecule has 1 rings (SSSR count). The lowest BCUT2D eigenvalue weighted by Gasteiger charge is -2.29. The molecule has 2 N–H and O–H groups in total. The van der Waals surface area contributed by atoms with E-state index in [1.165, 1.54) is 6.92 Å². The van der Waals surface area contributed by atoms with Crippen LogP contribution in [0.15, 0.2) is 0 Å². The quantitative estimate of drug-likeness (QED) is 0.457. The number of rotatable bonds is 8. The molecule has 20 heavy (non-hydrogen) atoms. The highest BCUT2D eigenvalue weighted by atomic mass is 32.1. The highest BCUT2D eigenvalue weighted by Crippen LogP contribution is 2.31. The topological polar surface area (TPSA) is 87.1 Å². The molecule has 6 nitrogen and oxygen atoms in total. The molecule has 0 bridgehead atoms. The number of carboxylic acids is 2. The van der Waals surface area contributed by atoms with Gasteiger partial charge < -0.3 is 14.9 Å². The summed E-state index contributed by atoms with van der Waals surface area (Å²) in [7, 11) is 0. The van der Waals surface area contributed by atoms with Gasteiger partial charge >= 0.3 is 11.9 Å². The molecule has 0 aromatic heterocycles. The largest absolute Gasteiger partial charge is 0.481 e. The lowest BCUT2D eigenvalue weighted by atomic mass is 9.88. The van der Waals surface area contributed by atoms with E-state index >= 15 is 0 Å². The third-order valence-corrected chi connectivity index (χ3v) is 4.65. The summed E-state index contributed by atoms with van der Waals surface area (Å²) < 4.78 is 3.75. The average Bonchev–Trinajstić information content (AvgIpc) is 2.43. The van der Waals surface area contributed by atoms with Crippen molar-refractivity contribution in [2.45, 2.75) is 30.9 Å². The summed E-state index contributed by atoms with van der Waals surface area (Å²) in [5, 5.41) is 18.2. The van der Waals surface area contributed by atoms with E-state index < -0.39 is 22.6 Å². The van der Waals surface area contributed by atoms with Gasteiger partial charge in [0.2, 0.25) is 0 Å². The Morgan fingerprint density at radius 3 is 2.40 bits per heavy atom.